The molecule has 270 valence electrons. The van der Waals surface area contributed by atoms with Crippen LogP contribution in [0.15, 0.2) is 72.8 Å². The summed E-state index contributed by atoms with van der Waals surface area (Å²) in [5, 5.41) is 38.6. The minimum Gasteiger partial charge on any atom is -0.506 e. The molecule has 3 aromatic rings. The van der Waals surface area contributed by atoms with Crippen LogP contribution in [0.5, 0.6) is 11.5 Å². The molecule has 7 rings (SSSR count). The average Bonchev–Trinajstić information content (AvgIpc) is 3.71. The number of anilines is 1. The highest BCUT2D eigenvalue weighted by Gasteiger charge is 2.48. The Labute approximate surface area is 297 Å². The Morgan fingerprint density at radius 1 is 0.980 bits per heavy atom. The summed E-state index contributed by atoms with van der Waals surface area (Å²) in [6.45, 7) is 7.99. The van der Waals surface area contributed by atoms with Crippen molar-refractivity contribution < 1.29 is 34.1 Å². The van der Waals surface area contributed by atoms with Crippen molar-refractivity contribution in [3.8, 4) is 11.5 Å². The van der Waals surface area contributed by atoms with E-state index in [4.69, 9.17) is 9.47 Å². The van der Waals surface area contributed by atoms with E-state index in [1.807, 2.05) is 30.3 Å². The van der Waals surface area contributed by atoms with E-state index in [0.29, 0.717) is 37.6 Å². The van der Waals surface area contributed by atoms with E-state index < -0.39 is 11.7 Å². The molecule has 4 aliphatic rings. The number of quaternary nitrogens is 1. The number of nitrogens with zero attached hydrogens (tertiary/aromatic N) is 1. The van der Waals surface area contributed by atoms with Gasteiger partial charge in [0, 0.05) is 37.8 Å². The number of benzene rings is 3. The van der Waals surface area contributed by atoms with Crippen molar-refractivity contribution in [2.24, 2.45) is 11.8 Å². The summed E-state index contributed by atoms with van der Waals surface area (Å²) in [5.74, 6) is 1.66. The van der Waals surface area contributed by atoms with Crippen LogP contribution in [0.4, 0.5) is 5.69 Å². The van der Waals surface area contributed by atoms with Crippen molar-refractivity contribution in [2.45, 2.75) is 82.1 Å². The number of ether oxygens (including phenoxy) is 2. The quantitative estimate of drug-likeness (QED) is 0.0468. The molecule has 2 bridgehead atoms. The molecule has 3 aromatic carbocycles. The van der Waals surface area contributed by atoms with Crippen LogP contribution in [0.25, 0.3) is 0 Å². The van der Waals surface area contributed by atoms with Gasteiger partial charge in [0.15, 0.2) is 0 Å². The lowest BCUT2D eigenvalue weighted by molar-refractivity contribution is -0.946. The summed E-state index contributed by atoms with van der Waals surface area (Å²) < 4.78 is 14.0. The number of fused-ring (bicyclic) bond motifs is 3. The summed E-state index contributed by atoms with van der Waals surface area (Å²) in [7, 11) is 0. The molecule has 5 N–H and O–H groups in total. The molecule has 4 atom stereocenters. The van der Waals surface area contributed by atoms with Crippen LogP contribution in [0.1, 0.15) is 87.1 Å². The van der Waals surface area contributed by atoms with Gasteiger partial charge in [0.1, 0.15) is 29.7 Å². The van der Waals surface area contributed by atoms with Gasteiger partial charge in [0.05, 0.1) is 44.6 Å². The van der Waals surface area contributed by atoms with Crippen LogP contribution in [-0.2, 0) is 15.1 Å². The second-order valence-corrected chi connectivity index (χ2v) is 14.8. The smallest absolute Gasteiger partial charge is 0.211 e. The topological polar surface area (TPSA) is 120 Å². The monoisotopic (exact) mass is 686 g/mol. The van der Waals surface area contributed by atoms with Crippen LogP contribution < -0.4 is 15.4 Å². The number of piperidine rings is 3. The zero-order chi connectivity index (χ0) is 35.0. The highest BCUT2D eigenvalue weighted by molar-refractivity contribution is 5.75. The fourth-order valence-electron chi connectivity index (χ4n) is 8.72. The number of rotatable bonds is 18. The predicted molar refractivity (Wildman–Crippen MR) is 195 cm³/mol. The van der Waals surface area contributed by atoms with E-state index in [9.17, 15) is 20.1 Å². The molecule has 1 saturated carbocycles. The first kappa shape index (κ1) is 36.3. The molecule has 9 nitrogen and oxygen atoms in total. The lowest BCUT2D eigenvalue weighted by Gasteiger charge is -2.53. The molecular weight excluding hydrogens is 630 g/mol. The van der Waals surface area contributed by atoms with Crippen molar-refractivity contribution in [3.05, 3.63) is 89.5 Å². The van der Waals surface area contributed by atoms with E-state index in [1.165, 1.54) is 44.8 Å². The molecule has 0 radical (unpaired) electrons. The maximum atomic E-state index is 12.0. The average molecular weight is 687 g/mol. The van der Waals surface area contributed by atoms with Gasteiger partial charge in [-0.3, -0.25) is 4.79 Å². The van der Waals surface area contributed by atoms with Crippen LogP contribution in [-0.4, -0.2) is 78.3 Å². The molecule has 9 heteroatoms. The zero-order valence-electron chi connectivity index (χ0n) is 29.5. The zero-order valence-corrected chi connectivity index (χ0v) is 29.5. The maximum Gasteiger partial charge on any atom is 0.211 e. The van der Waals surface area contributed by atoms with E-state index in [2.05, 4.69) is 41.8 Å². The number of nitrogens with one attached hydrogen (secondary N) is 2. The molecule has 1 aliphatic carbocycles. The Bertz CT molecular complexity index is 1510. The van der Waals surface area contributed by atoms with Crippen LogP contribution in [0.2, 0.25) is 0 Å². The fourth-order valence-corrected chi connectivity index (χ4v) is 8.72. The van der Waals surface area contributed by atoms with Gasteiger partial charge in [-0.05, 0) is 66.1 Å². The first-order valence-corrected chi connectivity index (χ1v) is 18.7. The summed E-state index contributed by atoms with van der Waals surface area (Å²) >= 11 is 0. The van der Waals surface area contributed by atoms with E-state index >= 15 is 0 Å². The minimum absolute atomic E-state index is 0.0448. The Morgan fingerprint density at radius 3 is 2.40 bits per heavy atom. The predicted octanol–water partition coefficient (Wildman–Crippen LogP) is 6.21. The number of aliphatic hydroxyl groups is 2. The van der Waals surface area contributed by atoms with Gasteiger partial charge in [-0.1, -0.05) is 68.3 Å². The molecule has 50 heavy (non-hydrogen) atoms. The number of carbonyl (C=O) groups is 1. The number of amides is 1. The Morgan fingerprint density at radius 2 is 1.70 bits per heavy atom. The van der Waals surface area contributed by atoms with E-state index in [-0.39, 0.29) is 29.5 Å². The fraction of sp³-hybridized carbons (Fsp3) is 0.537. The number of phenols is 1. The van der Waals surface area contributed by atoms with Gasteiger partial charge in [-0.25, -0.2) is 0 Å². The summed E-state index contributed by atoms with van der Waals surface area (Å²) in [6, 6.07) is 23.2. The number of hydrogen-bond donors (Lipinski definition) is 5. The minimum atomic E-state index is -0.916. The molecule has 1 unspecified atom stereocenters. The third kappa shape index (κ3) is 8.52. The molecule has 1 amide bonds. The lowest BCUT2D eigenvalue weighted by Crippen LogP contribution is -2.65. The summed E-state index contributed by atoms with van der Waals surface area (Å²) in [5.41, 5.74) is 2.08. The van der Waals surface area contributed by atoms with Crippen molar-refractivity contribution in [3.63, 3.8) is 0 Å². The molecule has 3 aliphatic heterocycles. The van der Waals surface area contributed by atoms with Gasteiger partial charge < -0.3 is 39.9 Å². The van der Waals surface area contributed by atoms with Crippen molar-refractivity contribution in [1.82, 2.24) is 5.32 Å². The van der Waals surface area contributed by atoms with Gasteiger partial charge >= 0.3 is 0 Å². The molecular formula is C41H56N3O6+. The van der Waals surface area contributed by atoms with Crippen molar-refractivity contribution in [2.75, 3.05) is 51.3 Å². The number of aliphatic hydroxyl groups excluding tert-OH is 1. The normalized spacial score (nSPS) is 24.4. The highest BCUT2D eigenvalue weighted by atomic mass is 16.5. The van der Waals surface area contributed by atoms with Crippen molar-refractivity contribution >= 4 is 12.1 Å². The van der Waals surface area contributed by atoms with Crippen molar-refractivity contribution in [1.29, 1.82) is 0 Å². The van der Waals surface area contributed by atoms with Gasteiger partial charge in [0.25, 0.3) is 0 Å². The second-order valence-electron chi connectivity index (χ2n) is 14.8. The Kier molecular flexibility index (Phi) is 12.1. The van der Waals surface area contributed by atoms with E-state index in [1.54, 1.807) is 12.1 Å². The van der Waals surface area contributed by atoms with Crippen LogP contribution >= 0.6 is 0 Å². The SMILES string of the molecule is CC[C@H](NC[C@H](O)c1ccc(O)c(NC=O)c1)c1ccc(OCCC[N+]23CCC(CC2)[C@@H](OCC(O)(c2ccccc2)C2CCCC2)C3)cc1. The standard InChI is InChI=1S/C41H55N3O6/c1-2-36(42-26-39(47)32-15-18-38(46)37(25-32)43-29-45)30-13-16-35(17-14-30)49-24-8-21-44-22-19-31(20-23-44)40(27-44)50-28-41(48,34-11-6-7-12-34)33-9-4-3-5-10-33/h3-5,9-10,13-18,25,29,31,34,36,39-40,42,47-48H,2,6-8,11-12,19-24,26-28H2,1H3,(H-,43,45,46)/p+1/t31?,36-,39-,40-,41?,44?/m0/s1. The first-order valence-electron chi connectivity index (χ1n) is 18.7. The molecule has 3 heterocycles. The maximum absolute atomic E-state index is 12.0. The van der Waals surface area contributed by atoms with Gasteiger partial charge in [0.2, 0.25) is 6.41 Å². The molecule has 4 fully saturated rings. The third-order valence-electron chi connectivity index (χ3n) is 11.8. The highest BCUT2D eigenvalue weighted by Crippen LogP contribution is 2.43. The van der Waals surface area contributed by atoms with E-state index in [0.717, 1.165) is 60.1 Å². The first-order chi connectivity index (χ1) is 24.3. The Balaban J connectivity index is 0.963. The van der Waals surface area contributed by atoms with Gasteiger partial charge in [-0.15, -0.1) is 0 Å². The summed E-state index contributed by atoms with van der Waals surface area (Å²) in [4.78, 5) is 10.8. The number of aromatic hydroxyl groups is 1. The molecule has 3 saturated heterocycles. The molecule has 0 spiro atoms. The van der Waals surface area contributed by atoms with Crippen LogP contribution in [0, 0.1) is 11.8 Å². The van der Waals surface area contributed by atoms with Crippen LogP contribution in [0.3, 0.4) is 0 Å². The third-order valence-corrected chi connectivity index (χ3v) is 11.8. The number of hydrogen-bond acceptors (Lipinski definition) is 7. The summed E-state index contributed by atoms with van der Waals surface area (Å²) in [6.07, 6.45) is 8.62. The Hall–Kier alpha value is -3.47. The second kappa shape index (κ2) is 16.7. The molecule has 0 aromatic heterocycles. The lowest BCUT2D eigenvalue weighted by atomic mass is 9.80. The van der Waals surface area contributed by atoms with Gasteiger partial charge in [-0.2, -0.15) is 0 Å². The largest absolute Gasteiger partial charge is 0.506 e. The number of phenolic OH excluding ortho intramolecular Hbond substituents is 1. The number of carbonyl (C=O) groups excluding carboxylic acids is 1.